The van der Waals surface area contributed by atoms with Crippen molar-refractivity contribution in [1.29, 1.82) is 0 Å². The molecule has 1 N–H and O–H groups in total. The predicted molar refractivity (Wildman–Crippen MR) is 81.9 cm³/mol. The van der Waals surface area contributed by atoms with Crippen LogP contribution in [0.1, 0.15) is 22.7 Å². The van der Waals surface area contributed by atoms with E-state index in [2.05, 4.69) is 10.3 Å². The molecule has 0 fully saturated rings. The number of esters is 1. The molecule has 0 aliphatic carbocycles. The van der Waals surface area contributed by atoms with E-state index in [9.17, 15) is 4.79 Å². The average Bonchev–Trinajstić information content (AvgIpc) is 2.53. The minimum atomic E-state index is -0.305. The summed E-state index contributed by atoms with van der Waals surface area (Å²) in [6, 6.07) is 13.6. The second kappa shape index (κ2) is 7.55. The Morgan fingerprint density at radius 2 is 2.00 bits per heavy atom. The quantitative estimate of drug-likeness (QED) is 0.828. The van der Waals surface area contributed by atoms with E-state index in [0.717, 1.165) is 16.8 Å². The summed E-state index contributed by atoms with van der Waals surface area (Å²) in [5, 5.41) is 3.29. The maximum absolute atomic E-state index is 11.9. The van der Waals surface area contributed by atoms with Gasteiger partial charge in [-0.05, 0) is 24.1 Å². The fourth-order valence-electron chi connectivity index (χ4n) is 2.20. The summed E-state index contributed by atoms with van der Waals surface area (Å²) >= 11 is 0. The van der Waals surface area contributed by atoms with E-state index in [1.54, 1.807) is 6.20 Å². The molecule has 1 atom stereocenters. The number of carbonyl (C=O) groups is 1. The van der Waals surface area contributed by atoms with E-state index in [1.807, 2.05) is 49.4 Å². The molecular weight excluding hydrogens is 264 g/mol. The Morgan fingerprint density at radius 1 is 1.24 bits per heavy atom. The molecule has 2 aromatic rings. The molecule has 0 radical (unpaired) electrons. The summed E-state index contributed by atoms with van der Waals surface area (Å²) in [4.78, 5) is 16.3. The van der Waals surface area contributed by atoms with Gasteiger partial charge in [-0.3, -0.25) is 9.78 Å². The third kappa shape index (κ3) is 4.13. The standard InChI is InChI=1S/C17H20N2O2/c1-13-7-6-10-19-16(13)12-18-11-15(17(20)21-2)14-8-4-3-5-9-14/h3-10,15,18H,11-12H2,1-2H3. The molecule has 1 unspecified atom stereocenters. The molecule has 2 rings (SSSR count). The van der Waals surface area contributed by atoms with Gasteiger partial charge in [-0.2, -0.15) is 0 Å². The molecule has 0 bridgehead atoms. The molecule has 1 heterocycles. The van der Waals surface area contributed by atoms with Crippen molar-refractivity contribution < 1.29 is 9.53 Å². The van der Waals surface area contributed by atoms with Gasteiger partial charge in [-0.25, -0.2) is 0 Å². The third-order valence-electron chi connectivity index (χ3n) is 3.45. The zero-order valence-corrected chi connectivity index (χ0v) is 12.4. The van der Waals surface area contributed by atoms with Gasteiger partial charge in [0.05, 0.1) is 18.7 Å². The van der Waals surface area contributed by atoms with Crippen LogP contribution in [0.5, 0.6) is 0 Å². The maximum atomic E-state index is 11.9. The summed E-state index contributed by atoms with van der Waals surface area (Å²) < 4.78 is 4.90. The van der Waals surface area contributed by atoms with Gasteiger partial charge < -0.3 is 10.1 Å². The molecule has 0 aliphatic heterocycles. The van der Waals surface area contributed by atoms with Crippen LogP contribution < -0.4 is 5.32 Å². The topological polar surface area (TPSA) is 51.2 Å². The summed E-state index contributed by atoms with van der Waals surface area (Å²) in [6.07, 6.45) is 1.78. The Kier molecular flexibility index (Phi) is 5.46. The molecule has 0 aliphatic rings. The van der Waals surface area contributed by atoms with Crippen molar-refractivity contribution in [3.8, 4) is 0 Å². The van der Waals surface area contributed by atoms with E-state index in [1.165, 1.54) is 7.11 Å². The van der Waals surface area contributed by atoms with E-state index >= 15 is 0 Å². The zero-order valence-electron chi connectivity index (χ0n) is 12.4. The lowest BCUT2D eigenvalue weighted by molar-refractivity contribution is -0.142. The van der Waals surface area contributed by atoms with Crippen LogP contribution in [0.4, 0.5) is 0 Å². The number of ether oxygens (including phenoxy) is 1. The van der Waals surface area contributed by atoms with Gasteiger partial charge in [0.2, 0.25) is 0 Å². The molecule has 1 aromatic heterocycles. The maximum Gasteiger partial charge on any atom is 0.314 e. The van der Waals surface area contributed by atoms with Crippen molar-refractivity contribution in [2.75, 3.05) is 13.7 Å². The minimum absolute atomic E-state index is 0.230. The zero-order chi connectivity index (χ0) is 15.1. The van der Waals surface area contributed by atoms with Gasteiger partial charge in [-0.1, -0.05) is 36.4 Å². The first-order valence-electron chi connectivity index (χ1n) is 6.96. The lowest BCUT2D eigenvalue weighted by Crippen LogP contribution is -2.28. The molecule has 21 heavy (non-hydrogen) atoms. The number of hydrogen-bond acceptors (Lipinski definition) is 4. The van der Waals surface area contributed by atoms with Crippen molar-refractivity contribution in [3.05, 3.63) is 65.5 Å². The number of aromatic nitrogens is 1. The van der Waals surface area contributed by atoms with Gasteiger partial charge in [-0.15, -0.1) is 0 Å². The lowest BCUT2D eigenvalue weighted by atomic mass is 9.99. The molecule has 4 nitrogen and oxygen atoms in total. The Hall–Kier alpha value is -2.20. The number of aryl methyl sites for hydroxylation is 1. The van der Waals surface area contributed by atoms with E-state index in [0.29, 0.717) is 13.1 Å². The van der Waals surface area contributed by atoms with E-state index in [4.69, 9.17) is 4.74 Å². The Labute approximate surface area is 125 Å². The number of methoxy groups -OCH3 is 1. The summed E-state index contributed by atoms with van der Waals surface area (Å²) in [5.41, 5.74) is 3.09. The molecule has 0 saturated heterocycles. The molecule has 4 heteroatoms. The molecular formula is C17H20N2O2. The number of rotatable bonds is 6. The predicted octanol–water partition coefficient (Wildman–Crippen LogP) is 2.44. The highest BCUT2D eigenvalue weighted by Gasteiger charge is 2.20. The third-order valence-corrected chi connectivity index (χ3v) is 3.45. The lowest BCUT2D eigenvalue weighted by Gasteiger charge is -2.16. The van der Waals surface area contributed by atoms with Gasteiger partial charge in [0.1, 0.15) is 0 Å². The highest BCUT2D eigenvalue weighted by Crippen LogP contribution is 2.16. The fraction of sp³-hybridized carbons (Fsp3) is 0.294. The highest BCUT2D eigenvalue weighted by atomic mass is 16.5. The molecule has 1 aromatic carbocycles. The number of hydrogen-bond donors (Lipinski definition) is 1. The monoisotopic (exact) mass is 284 g/mol. The first-order valence-corrected chi connectivity index (χ1v) is 6.96. The SMILES string of the molecule is COC(=O)C(CNCc1ncccc1C)c1ccccc1. The van der Waals surface area contributed by atoms with Crippen LogP contribution >= 0.6 is 0 Å². The Balaban J connectivity index is 2.00. The second-order valence-corrected chi connectivity index (χ2v) is 4.88. The van der Waals surface area contributed by atoms with Crippen molar-refractivity contribution >= 4 is 5.97 Å². The summed E-state index contributed by atoms with van der Waals surface area (Å²) in [5.74, 6) is -0.535. The van der Waals surface area contributed by atoms with Crippen molar-refractivity contribution in [3.63, 3.8) is 0 Å². The van der Waals surface area contributed by atoms with E-state index in [-0.39, 0.29) is 11.9 Å². The molecule has 0 spiro atoms. The number of carbonyl (C=O) groups excluding carboxylic acids is 1. The van der Waals surface area contributed by atoms with Crippen LogP contribution in [0.15, 0.2) is 48.7 Å². The van der Waals surface area contributed by atoms with Crippen LogP contribution in [0.25, 0.3) is 0 Å². The van der Waals surface area contributed by atoms with Crippen LogP contribution in [-0.4, -0.2) is 24.6 Å². The molecule has 0 amide bonds. The number of benzene rings is 1. The van der Waals surface area contributed by atoms with Crippen molar-refractivity contribution in [2.24, 2.45) is 0 Å². The first-order chi connectivity index (χ1) is 10.2. The smallest absolute Gasteiger partial charge is 0.314 e. The van der Waals surface area contributed by atoms with Crippen LogP contribution in [0, 0.1) is 6.92 Å². The Morgan fingerprint density at radius 3 is 2.67 bits per heavy atom. The summed E-state index contributed by atoms with van der Waals surface area (Å²) in [6.45, 7) is 3.18. The minimum Gasteiger partial charge on any atom is -0.469 e. The largest absolute Gasteiger partial charge is 0.469 e. The van der Waals surface area contributed by atoms with Gasteiger partial charge in [0.25, 0.3) is 0 Å². The van der Waals surface area contributed by atoms with Crippen molar-refractivity contribution in [1.82, 2.24) is 10.3 Å². The number of pyridine rings is 1. The fourth-order valence-corrected chi connectivity index (χ4v) is 2.20. The second-order valence-electron chi connectivity index (χ2n) is 4.88. The van der Waals surface area contributed by atoms with Gasteiger partial charge in [0.15, 0.2) is 0 Å². The molecule has 110 valence electrons. The average molecular weight is 284 g/mol. The van der Waals surface area contributed by atoms with Crippen molar-refractivity contribution in [2.45, 2.75) is 19.4 Å². The highest BCUT2D eigenvalue weighted by molar-refractivity contribution is 5.78. The van der Waals surface area contributed by atoms with E-state index < -0.39 is 0 Å². The van der Waals surface area contributed by atoms with Gasteiger partial charge >= 0.3 is 5.97 Å². The van der Waals surface area contributed by atoms with Crippen LogP contribution in [-0.2, 0) is 16.1 Å². The van der Waals surface area contributed by atoms with Crippen LogP contribution in [0.2, 0.25) is 0 Å². The van der Waals surface area contributed by atoms with Gasteiger partial charge in [0, 0.05) is 19.3 Å². The first kappa shape index (κ1) is 15.2. The normalized spacial score (nSPS) is 11.9. The molecule has 0 saturated carbocycles. The Bertz CT molecular complexity index is 584. The number of nitrogens with zero attached hydrogens (tertiary/aromatic N) is 1. The van der Waals surface area contributed by atoms with Crippen LogP contribution in [0.3, 0.4) is 0 Å². The number of nitrogens with one attached hydrogen (secondary N) is 1. The summed E-state index contributed by atoms with van der Waals surface area (Å²) in [7, 11) is 1.42.